The summed E-state index contributed by atoms with van der Waals surface area (Å²) in [5, 5.41) is 0. The van der Waals surface area contributed by atoms with Crippen molar-refractivity contribution in [2.75, 3.05) is 6.26 Å². The third-order valence-corrected chi connectivity index (χ3v) is 7.00. The van der Waals surface area contributed by atoms with Gasteiger partial charge < -0.3 is 4.74 Å². The zero-order chi connectivity index (χ0) is 19.4. The van der Waals surface area contributed by atoms with E-state index in [-0.39, 0.29) is 10.9 Å². The van der Waals surface area contributed by atoms with Crippen LogP contribution in [-0.2, 0) is 20.2 Å². The normalized spacial score (nSPS) is 15.4. The Morgan fingerprint density at radius 2 is 1.52 bits per heavy atom. The van der Waals surface area contributed by atoms with Gasteiger partial charge in [-0.2, -0.15) is 0 Å². The van der Waals surface area contributed by atoms with Gasteiger partial charge in [0.25, 0.3) is 0 Å². The second-order valence-corrected chi connectivity index (χ2v) is 10.1. The first-order chi connectivity index (χ1) is 12.7. The quantitative estimate of drug-likeness (QED) is 0.589. The van der Waals surface area contributed by atoms with Crippen molar-refractivity contribution >= 4 is 27.1 Å². The van der Waals surface area contributed by atoms with Crippen LogP contribution < -0.4 is 0 Å². The molecule has 0 N–H and O–H groups in total. The average Bonchev–Trinajstić information content (AvgIpc) is 3.12. The van der Waals surface area contributed by atoms with Crippen LogP contribution in [0, 0.1) is 0 Å². The number of ether oxygens (including phenoxy) is 1. The predicted octanol–water partition coefficient (Wildman–Crippen LogP) is 4.89. The number of rotatable bonds is 3. The fourth-order valence-corrected chi connectivity index (χ4v) is 5.40. The van der Waals surface area contributed by atoms with Gasteiger partial charge in [-0.15, -0.1) is 11.3 Å². The molecule has 2 heterocycles. The van der Waals surface area contributed by atoms with E-state index >= 15 is 0 Å². The molecule has 0 saturated carbocycles. The molecule has 1 aliphatic heterocycles. The van der Waals surface area contributed by atoms with Gasteiger partial charge in [0.15, 0.2) is 9.84 Å². The highest BCUT2D eigenvalue weighted by Crippen LogP contribution is 2.51. The van der Waals surface area contributed by atoms with E-state index in [1.54, 1.807) is 24.3 Å². The molecule has 1 aromatic heterocycles. The number of benzene rings is 2. The van der Waals surface area contributed by atoms with Crippen LogP contribution in [0.15, 0.2) is 59.5 Å². The highest BCUT2D eigenvalue weighted by Gasteiger charge is 2.43. The Hall–Kier alpha value is -2.44. The fourth-order valence-electron chi connectivity index (χ4n) is 3.42. The minimum absolute atomic E-state index is 0.269. The maximum absolute atomic E-state index is 12.4. The summed E-state index contributed by atoms with van der Waals surface area (Å²) >= 11 is 1.42. The molecular formula is C21H18O4S2. The van der Waals surface area contributed by atoms with Gasteiger partial charge in [-0.1, -0.05) is 42.5 Å². The molecule has 0 atom stereocenters. The molecule has 0 bridgehead atoms. The summed E-state index contributed by atoms with van der Waals surface area (Å²) in [6.07, 6.45) is 1.19. The van der Waals surface area contributed by atoms with Crippen LogP contribution in [-0.4, -0.2) is 20.6 Å². The number of sulfone groups is 1. The van der Waals surface area contributed by atoms with Crippen molar-refractivity contribution in [2.24, 2.45) is 0 Å². The number of hydrogen-bond acceptors (Lipinski definition) is 5. The summed E-state index contributed by atoms with van der Waals surface area (Å²) in [5.74, 6) is -0.309. The Bertz CT molecular complexity index is 1140. The van der Waals surface area contributed by atoms with E-state index < -0.39 is 15.4 Å². The van der Waals surface area contributed by atoms with Crippen LogP contribution in [0.2, 0.25) is 0 Å². The molecule has 4 rings (SSSR count). The van der Waals surface area contributed by atoms with E-state index in [0.29, 0.717) is 4.88 Å². The van der Waals surface area contributed by atoms with Crippen molar-refractivity contribution in [3.8, 4) is 21.6 Å². The zero-order valence-corrected chi connectivity index (χ0v) is 16.8. The van der Waals surface area contributed by atoms with Gasteiger partial charge in [-0.3, -0.25) is 0 Å². The summed E-state index contributed by atoms with van der Waals surface area (Å²) < 4.78 is 29.1. The van der Waals surface area contributed by atoms with Crippen molar-refractivity contribution in [3.05, 3.63) is 65.0 Å². The molecule has 6 heteroatoms. The predicted molar refractivity (Wildman–Crippen MR) is 107 cm³/mol. The Kier molecular flexibility index (Phi) is 4.01. The van der Waals surface area contributed by atoms with Crippen LogP contribution in [0.3, 0.4) is 0 Å². The number of cyclic esters (lactones) is 1. The lowest BCUT2D eigenvalue weighted by molar-refractivity contribution is 0.00983. The molecule has 0 amide bonds. The molecule has 3 aromatic rings. The summed E-state index contributed by atoms with van der Waals surface area (Å²) in [7, 11) is -3.27. The van der Waals surface area contributed by atoms with Gasteiger partial charge in [0, 0.05) is 22.3 Å². The molecule has 0 spiro atoms. The average molecular weight is 399 g/mol. The molecule has 138 valence electrons. The van der Waals surface area contributed by atoms with E-state index in [2.05, 4.69) is 0 Å². The van der Waals surface area contributed by atoms with Crippen molar-refractivity contribution in [2.45, 2.75) is 24.3 Å². The van der Waals surface area contributed by atoms with Crippen LogP contribution in [0.1, 0.15) is 29.1 Å². The number of carbonyl (C=O) groups is 1. The van der Waals surface area contributed by atoms with E-state index in [1.165, 1.54) is 17.6 Å². The van der Waals surface area contributed by atoms with Crippen LogP contribution >= 0.6 is 11.3 Å². The Morgan fingerprint density at radius 1 is 0.889 bits per heavy atom. The van der Waals surface area contributed by atoms with E-state index in [0.717, 1.165) is 27.1 Å². The number of thiophene rings is 1. The maximum atomic E-state index is 12.4. The lowest BCUT2D eigenvalue weighted by atomic mass is 9.90. The molecule has 0 saturated heterocycles. The van der Waals surface area contributed by atoms with Crippen LogP contribution in [0.5, 0.6) is 0 Å². The van der Waals surface area contributed by atoms with E-state index in [9.17, 15) is 13.2 Å². The lowest BCUT2D eigenvalue weighted by Crippen LogP contribution is -2.17. The monoisotopic (exact) mass is 398 g/mol. The summed E-state index contributed by atoms with van der Waals surface area (Å²) in [6, 6.07) is 16.7. The minimum atomic E-state index is -3.27. The molecule has 1 aliphatic rings. The summed E-state index contributed by atoms with van der Waals surface area (Å²) in [5.41, 5.74) is 2.94. The Labute approximate surface area is 162 Å². The number of esters is 1. The minimum Gasteiger partial charge on any atom is -0.450 e. The van der Waals surface area contributed by atoms with Gasteiger partial charge in [0.2, 0.25) is 0 Å². The van der Waals surface area contributed by atoms with Crippen molar-refractivity contribution in [3.63, 3.8) is 0 Å². The smallest absolute Gasteiger partial charge is 0.349 e. The van der Waals surface area contributed by atoms with Gasteiger partial charge in [-0.05, 0) is 37.1 Å². The van der Waals surface area contributed by atoms with Crippen molar-refractivity contribution < 1.29 is 17.9 Å². The third kappa shape index (κ3) is 2.99. The fraction of sp³-hybridized carbons (Fsp3) is 0.190. The standard InChI is InChI=1S/C21H18O4S2/c1-21(2)17-16(13-9-11-15(12-10-13)27(3,23)24)18(14-7-5-4-6-8-14)26-19(17)20(22)25-21/h4-12H,1-3H3. The van der Waals surface area contributed by atoms with Gasteiger partial charge in [0.05, 0.1) is 4.90 Å². The van der Waals surface area contributed by atoms with Gasteiger partial charge in [-0.25, -0.2) is 13.2 Å². The molecule has 0 radical (unpaired) electrons. The molecular weight excluding hydrogens is 380 g/mol. The molecule has 0 unspecified atom stereocenters. The first-order valence-electron chi connectivity index (χ1n) is 8.45. The Morgan fingerprint density at radius 3 is 2.11 bits per heavy atom. The van der Waals surface area contributed by atoms with E-state index in [4.69, 9.17) is 4.74 Å². The van der Waals surface area contributed by atoms with E-state index in [1.807, 2.05) is 44.2 Å². The van der Waals surface area contributed by atoms with Crippen molar-refractivity contribution in [1.82, 2.24) is 0 Å². The first-order valence-corrected chi connectivity index (χ1v) is 11.2. The summed E-state index contributed by atoms with van der Waals surface area (Å²) in [4.78, 5) is 14.3. The number of fused-ring (bicyclic) bond motifs is 1. The first kappa shape index (κ1) is 17.9. The second-order valence-electron chi connectivity index (χ2n) is 7.07. The highest BCUT2D eigenvalue weighted by atomic mass is 32.2. The summed E-state index contributed by atoms with van der Waals surface area (Å²) in [6.45, 7) is 3.76. The molecule has 0 fully saturated rings. The third-order valence-electron chi connectivity index (χ3n) is 4.65. The maximum Gasteiger partial charge on any atom is 0.349 e. The molecule has 27 heavy (non-hydrogen) atoms. The van der Waals surface area contributed by atoms with Crippen LogP contribution in [0.25, 0.3) is 21.6 Å². The molecule has 2 aromatic carbocycles. The SMILES string of the molecule is CC1(C)OC(=O)c2sc(-c3ccccc3)c(-c3ccc(S(C)(=O)=O)cc3)c21. The van der Waals surface area contributed by atoms with Gasteiger partial charge >= 0.3 is 5.97 Å². The highest BCUT2D eigenvalue weighted by molar-refractivity contribution is 7.90. The Balaban J connectivity index is 1.99. The topological polar surface area (TPSA) is 60.4 Å². The molecule has 0 aliphatic carbocycles. The zero-order valence-electron chi connectivity index (χ0n) is 15.1. The van der Waals surface area contributed by atoms with Crippen molar-refractivity contribution in [1.29, 1.82) is 0 Å². The second kappa shape index (κ2) is 6.04. The number of hydrogen-bond donors (Lipinski definition) is 0. The lowest BCUT2D eigenvalue weighted by Gasteiger charge is -2.20. The van der Waals surface area contributed by atoms with Gasteiger partial charge in [0.1, 0.15) is 10.5 Å². The largest absolute Gasteiger partial charge is 0.450 e. The number of carbonyl (C=O) groups excluding carboxylic acids is 1. The van der Waals surface area contributed by atoms with Crippen LogP contribution in [0.4, 0.5) is 0 Å². The molecule has 4 nitrogen and oxygen atoms in total.